The maximum atomic E-state index is 5.26. The Bertz CT molecular complexity index is 299. The zero-order valence-electron chi connectivity index (χ0n) is 7.91. The first-order valence-electron chi connectivity index (χ1n) is 4.40. The van der Waals surface area contributed by atoms with Crippen molar-refractivity contribution in [1.82, 2.24) is 4.98 Å². The molecule has 0 radical (unpaired) electrons. The molecule has 0 amide bonds. The van der Waals surface area contributed by atoms with Crippen molar-refractivity contribution in [2.75, 3.05) is 6.61 Å². The molecule has 0 unspecified atom stereocenters. The number of rotatable bonds is 3. The van der Waals surface area contributed by atoms with E-state index < -0.39 is 0 Å². The summed E-state index contributed by atoms with van der Waals surface area (Å²) in [6.07, 6.45) is 2.65. The van der Waals surface area contributed by atoms with Crippen LogP contribution in [0.3, 0.4) is 0 Å². The number of hydrogen-bond donors (Lipinski definition) is 0. The molecule has 1 aromatic heterocycles. The van der Waals surface area contributed by atoms with Gasteiger partial charge >= 0.3 is 0 Å². The largest absolute Gasteiger partial charge is 0.483 e. The van der Waals surface area contributed by atoms with Crippen molar-refractivity contribution in [3.05, 3.63) is 29.6 Å². The highest BCUT2D eigenvalue weighted by Gasteiger charge is 2.06. The fourth-order valence-electron chi connectivity index (χ4n) is 1.11. The minimum atomic E-state index is 0.549. The van der Waals surface area contributed by atoms with Gasteiger partial charge in [0.25, 0.3) is 0 Å². The number of nitrogens with zero attached hydrogens (tertiary/aromatic N) is 1. The first-order chi connectivity index (χ1) is 6.29. The Morgan fingerprint density at radius 2 is 2.31 bits per heavy atom. The lowest BCUT2D eigenvalue weighted by molar-refractivity contribution is 0.337. The zero-order valence-corrected chi connectivity index (χ0v) is 8.73. The van der Waals surface area contributed by atoms with Crippen LogP contribution in [0.15, 0.2) is 18.3 Å². The first kappa shape index (κ1) is 10.1. The Morgan fingerprint density at radius 1 is 1.54 bits per heavy atom. The van der Waals surface area contributed by atoms with Crippen LogP contribution < -0.4 is 0 Å². The van der Waals surface area contributed by atoms with Gasteiger partial charge in [0.2, 0.25) is 0 Å². The SMILES string of the molecule is CCOC(=S)c1cccnc1CC. The van der Waals surface area contributed by atoms with Crippen molar-refractivity contribution in [2.45, 2.75) is 20.3 Å². The molecule has 2 nitrogen and oxygen atoms in total. The van der Waals surface area contributed by atoms with E-state index in [2.05, 4.69) is 11.9 Å². The lowest BCUT2D eigenvalue weighted by Gasteiger charge is -2.07. The maximum absolute atomic E-state index is 5.26. The van der Waals surface area contributed by atoms with Gasteiger partial charge in [-0.1, -0.05) is 6.92 Å². The summed E-state index contributed by atoms with van der Waals surface area (Å²) in [6.45, 7) is 4.59. The number of hydrogen-bond acceptors (Lipinski definition) is 3. The molecule has 3 heteroatoms. The van der Waals surface area contributed by atoms with Crippen LogP contribution in [0.4, 0.5) is 0 Å². The first-order valence-corrected chi connectivity index (χ1v) is 4.81. The van der Waals surface area contributed by atoms with Gasteiger partial charge in [0.05, 0.1) is 12.3 Å². The van der Waals surface area contributed by atoms with E-state index in [1.165, 1.54) is 0 Å². The van der Waals surface area contributed by atoms with E-state index in [1.807, 2.05) is 19.1 Å². The Hall–Kier alpha value is -0.960. The van der Waals surface area contributed by atoms with E-state index in [9.17, 15) is 0 Å². The fourth-order valence-corrected chi connectivity index (χ4v) is 1.42. The van der Waals surface area contributed by atoms with Crippen molar-refractivity contribution in [2.24, 2.45) is 0 Å². The highest BCUT2D eigenvalue weighted by Crippen LogP contribution is 2.08. The van der Waals surface area contributed by atoms with Crippen LogP contribution in [-0.4, -0.2) is 16.6 Å². The second kappa shape index (κ2) is 4.92. The molecular formula is C10H13NOS. The Kier molecular flexibility index (Phi) is 3.83. The van der Waals surface area contributed by atoms with Crippen molar-refractivity contribution in [3.8, 4) is 0 Å². The van der Waals surface area contributed by atoms with Crippen LogP contribution in [0.25, 0.3) is 0 Å². The second-order valence-corrected chi connectivity index (χ2v) is 2.94. The number of aryl methyl sites for hydroxylation is 1. The summed E-state index contributed by atoms with van der Waals surface area (Å²) < 4.78 is 5.26. The third-order valence-electron chi connectivity index (χ3n) is 1.72. The van der Waals surface area contributed by atoms with E-state index >= 15 is 0 Å². The molecular weight excluding hydrogens is 182 g/mol. The monoisotopic (exact) mass is 195 g/mol. The van der Waals surface area contributed by atoms with E-state index in [-0.39, 0.29) is 0 Å². The molecule has 0 spiro atoms. The summed E-state index contributed by atoms with van der Waals surface area (Å²) in [6, 6.07) is 3.82. The van der Waals surface area contributed by atoms with Crippen molar-refractivity contribution >= 4 is 17.3 Å². The van der Waals surface area contributed by atoms with Gasteiger partial charge < -0.3 is 4.74 Å². The molecule has 0 aliphatic rings. The maximum Gasteiger partial charge on any atom is 0.192 e. The predicted molar refractivity (Wildman–Crippen MR) is 56.9 cm³/mol. The molecule has 70 valence electrons. The van der Waals surface area contributed by atoms with Crippen LogP contribution >= 0.6 is 12.2 Å². The highest BCUT2D eigenvalue weighted by molar-refractivity contribution is 7.80. The molecule has 0 fully saturated rings. The summed E-state index contributed by atoms with van der Waals surface area (Å²) in [5.74, 6) is 0. The van der Waals surface area contributed by atoms with Crippen molar-refractivity contribution in [3.63, 3.8) is 0 Å². The van der Waals surface area contributed by atoms with Crippen LogP contribution in [0.2, 0.25) is 0 Å². The smallest absolute Gasteiger partial charge is 0.192 e. The van der Waals surface area contributed by atoms with Crippen molar-refractivity contribution < 1.29 is 4.74 Å². The van der Waals surface area contributed by atoms with Crippen molar-refractivity contribution in [1.29, 1.82) is 0 Å². The molecule has 13 heavy (non-hydrogen) atoms. The number of ether oxygens (including phenoxy) is 1. The molecule has 0 bridgehead atoms. The van der Waals surface area contributed by atoms with Gasteiger partial charge in [-0.2, -0.15) is 0 Å². The number of aromatic nitrogens is 1. The van der Waals surface area contributed by atoms with Gasteiger partial charge in [0.1, 0.15) is 0 Å². The molecule has 0 aliphatic heterocycles. The number of thiocarbonyl (C=S) groups is 1. The summed E-state index contributed by atoms with van der Waals surface area (Å²) in [5.41, 5.74) is 1.95. The highest BCUT2D eigenvalue weighted by atomic mass is 32.1. The van der Waals surface area contributed by atoms with Crippen LogP contribution in [-0.2, 0) is 11.2 Å². The summed E-state index contributed by atoms with van der Waals surface area (Å²) in [7, 11) is 0. The second-order valence-electron chi connectivity index (χ2n) is 2.57. The van der Waals surface area contributed by atoms with Crippen LogP contribution in [0.5, 0.6) is 0 Å². The average Bonchev–Trinajstić information content (AvgIpc) is 2.18. The van der Waals surface area contributed by atoms with Gasteiger partial charge in [0.15, 0.2) is 5.05 Å². The van der Waals surface area contributed by atoms with Crippen LogP contribution in [0, 0.1) is 0 Å². The molecule has 0 aromatic carbocycles. The van der Waals surface area contributed by atoms with Gasteiger partial charge in [-0.15, -0.1) is 0 Å². The lowest BCUT2D eigenvalue weighted by atomic mass is 10.1. The van der Waals surface area contributed by atoms with Gasteiger partial charge in [0, 0.05) is 11.8 Å². The zero-order chi connectivity index (χ0) is 9.68. The number of pyridine rings is 1. The van der Waals surface area contributed by atoms with Gasteiger partial charge in [-0.3, -0.25) is 4.98 Å². The molecule has 1 rings (SSSR count). The molecule has 0 atom stereocenters. The molecule has 0 saturated heterocycles. The Morgan fingerprint density at radius 3 is 2.92 bits per heavy atom. The average molecular weight is 195 g/mol. The van der Waals surface area contributed by atoms with E-state index in [1.54, 1.807) is 6.20 Å². The third-order valence-corrected chi connectivity index (χ3v) is 2.06. The fraction of sp³-hybridized carbons (Fsp3) is 0.400. The normalized spacial score (nSPS) is 9.69. The lowest BCUT2D eigenvalue weighted by Crippen LogP contribution is -2.07. The Balaban J connectivity index is 2.92. The molecule has 1 aromatic rings. The molecule has 0 aliphatic carbocycles. The molecule has 0 N–H and O–H groups in total. The Labute approximate surface area is 83.9 Å². The summed E-state index contributed by atoms with van der Waals surface area (Å²) in [5, 5.41) is 0.549. The minimum Gasteiger partial charge on any atom is -0.483 e. The topological polar surface area (TPSA) is 22.1 Å². The van der Waals surface area contributed by atoms with E-state index in [0.29, 0.717) is 11.7 Å². The van der Waals surface area contributed by atoms with Crippen LogP contribution in [0.1, 0.15) is 25.1 Å². The molecule has 0 saturated carbocycles. The summed E-state index contributed by atoms with van der Waals surface area (Å²) in [4.78, 5) is 4.23. The van der Waals surface area contributed by atoms with E-state index in [0.717, 1.165) is 17.7 Å². The standard InChI is InChI=1S/C10H13NOS/c1-3-9-8(6-5-7-11-9)10(13)12-4-2/h5-7H,3-4H2,1-2H3. The quantitative estimate of drug-likeness (QED) is 0.691. The molecule has 1 heterocycles. The minimum absolute atomic E-state index is 0.549. The third kappa shape index (κ3) is 2.49. The summed E-state index contributed by atoms with van der Waals surface area (Å²) >= 11 is 5.11. The van der Waals surface area contributed by atoms with Gasteiger partial charge in [-0.05, 0) is 37.7 Å². The van der Waals surface area contributed by atoms with Gasteiger partial charge in [-0.25, -0.2) is 0 Å². The predicted octanol–water partition coefficient (Wildman–Crippen LogP) is 2.36. The van der Waals surface area contributed by atoms with E-state index in [4.69, 9.17) is 17.0 Å².